The van der Waals surface area contributed by atoms with E-state index in [1.807, 2.05) is 6.07 Å². The average Bonchev–Trinajstić information content (AvgIpc) is 2.83. The van der Waals surface area contributed by atoms with Crippen LogP contribution in [-0.2, 0) is 0 Å². The Kier molecular flexibility index (Phi) is 3.64. The Morgan fingerprint density at radius 1 is 1.18 bits per heavy atom. The molecule has 2 aromatic rings. The summed E-state index contributed by atoms with van der Waals surface area (Å²) in [4.78, 5) is 1.18. The lowest BCUT2D eigenvalue weighted by atomic mass is 10.0. The molecule has 1 nitrogen and oxygen atoms in total. The normalized spacial score (nSPS) is 10.5. The maximum Gasteiger partial charge on any atom is 0.0499 e. The standard InChI is InChI=1S/C15H17NS/c1-11(2)13-6-8-14(9-7-13)16-12(3)15-5-4-10-17-15/h4-11,16H,3H2,1-2H3. The van der Waals surface area contributed by atoms with Crippen LogP contribution < -0.4 is 5.32 Å². The molecule has 0 fully saturated rings. The maximum absolute atomic E-state index is 4.05. The minimum absolute atomic E-state index is 0.574. The van der Waals surface area contributed by atoms with Crippen molar-refractivity contribution in [3.8, 4) is 0 Å². The molecule has 0 bridgehead atoms. The molecule has 0 unspecified atom stereocenters. The molecule has 0 aliphatic rings. The third-order valence-corrected chi connectivity index (χ3v) is 3.62. The van der Waals surface area contributed by atoms with Gasteiger partial charge in [-0.05, 0) is 35.1 Å². The SMILES string of the molecule is C=C(Nc1ccc(C(C)C)cc1)c1cccs1. The van der Waals surface area contributed by atoms with Gasteiger partial charge in [0.1, 0.15) is 0 Å². The molecule has 0 spiro atoms. The molecule has 2 rings (SSSR count). The molecule has 0 amide bonds. The molecule has 0 radical (unpaired) electrons. The van der Waals surface area contributed by atoms with Crippen LogP contribution in [0.4, 0.5) is 5.69 Å². The van der Waals surface area contributed by atoms with Crippen LogP contribution in [0.5, 0.6) is 0 Å². The summed E-state index contributed by atoms with van der Waals surface area (Å²) in [6.45, 7) is 8.45. The fourth-order valence-corrected chi connectivity index (χ4v) is 2.29. The van der Waals surface area contributed by atoms with Gasteiger partial charge in [-0.3, -0.25) is 0 Å². The number of benzene rings is 1. The summed E-state index contributed by atoms with van der Waals surface area (Å²) in [7, 11) is 0. The highest BCUT2D eigenvalue weighted by Crippen LogP contribution is 2.22. The van der Waals surface area contributed by atoms with E-state index in [9.17, 15) is 0 Å². The van der Waals surface area contributed by atoms with Crippen molar-refractivity contribution in [1.29, 1.82) is 0 Å². The van der Waals surface area contributed by atoms with Crippen LogP contribution in [0.25, 0.3) is 5.70 Å². The second-order valence-corrected chi connectivity index (χ2v) is 5.31. The van der Waals surface area contributed by atoms with Gasteiger partial charge >= 0.3 is 0 Å². The van der Waals surface area contributed by atoms with Crippen LogP contribution in [0.15, 0.2) is 48.4 Å². The van der Waals surface area contributed by atoms with Crippen molar-refractivity contribution in [2.24, 2.45) is 0 Å². The Hall–Kier alpha value is -1.54. The molecule has 1 N–H and O–H groups in total. The molecule has 0 aliphatic heterocycles. The fraction of sp³-hybridized carbons (Fsp3) is 0.200. The molecule has 17 heavy (non-hydrogen) atoms. The first-order valence-corrected chi connectivity index (χ1v) is 6.64. The molecular weight excluding hydrogens is 226 g/mol. The Morgan fingerprint density at radius 3 is 2.41 bits per heavy atom. The fourth-order valence-electron chi connectivity index (χ4n) is 1.64. The molecule has 1 aromatic carbocycles. The Bertz CT molecular complexity index is 480. The predicted octanol–water partition coefficient (Wildman–Crippen LogP) is 4.95. The highest BCUT2D eigenvalue weighted by atomic mass is 32.1. The predicted molar refractivity (Wildman–Crippen MR) is 77.5 cm³/mol. The van der Waals surface area contributed by atoms with E-state index in [4.69, 9.17) is 0 Å². The maximum atomic E-state index is 4.05. The zero-order valence-electron chi connectivity index (χ0n) is 10.2. The van der Waals surface area contributed by atoms with Gasteiger partial charge in [-0.2, -0.15) is 0 Å². The summed E-state index contributed by atoms with van der Waals surface area (Å²) in [5, 5.41) is 5.39. The summed E-state index contributed by atoms with van der Waals surface area (Å²) in [6, 6.07) is 12.6. The van der Waals surface area contributed by atoms with Crippen LogP contribution in [0.1, 0.15) is 30.2 Å². The largest absolute Gasteiger partial charge is 0.355 e. The second kappa shape index (κ2) is 5.19. The number of hydrogen-bond acceptors (Lipinski definition) is 2. The van der Waals surface area contributed by atoms with E-state index in [1.165, 1.54) is 10.4 Å². The molecule has 0 saturated carbocycles. The van der Waals surface area contributed by atoms with Crippen molar-refractivity contribution in [2.45, 2.75) is 19.8 Å². The van der Waals surface area contributed by atoms with Crippen molar-refractivity contribution >= 4 is 22.7 Å². The number of hydrogen-bond donors (Lipinski definition) is 1. The molecule has 0 aliphatic carbocycles. The van der Waals surface area contributed by atoms with E-state index >= 15 is 0 Å². The molecule has 1 heterocycles. The van der Waals surface area contributed by atoms with Gasteiger partial charge < -0.3 is 5.32 Å². The van der Waals surface area contributed by atoms with E-state index < -0.39 is 0 Å². The minimum Gasteiger partial charge on any atom is -0.355 e. The Morgan fingerprint density at radius 2 is 1.88 bits per heavy atom. The summed E-state index contributed by atoms with van der Waals surface area (Å²) >= 11 is 1.70. The minimum atomic E-state index is 0.574. The molecule has 88 valence electrons. The van der Waals surface area contributed by atoms with E-state index in [0.29, 0.717) is 5.92 Å². The lowest BCUT2D eigenvalue weighted by Gasteiger charge is -2.10. The summed E-state index contributed by atoms with van der Waals surface area (Å²) in [5.41, 5.74) is 3.40. The van der Waals surface area contributed by atoms with Crippen molar-refractivity contribution < 1.29 is 0 Å². The Labute approximate surface area is 107 Å². The smallest absolute Gasteiger partial charge is 0.0499 e. The van der Waals surface area contributed by atoms with Gasteiger partial charge in [-0.25, -0.2) is 0 Å². The average molecular weight is 243 g/mol. The van der Waals surface area contributed by atoms with Crippen LogP contribution in [0.3, 0.4) is 0 Å². The molecule has 0 atom stereocenters. The third-order valence-electron chi connectivity index (χ3n) is 2.69. The van der Waals surface area contributed by atoms with E-state index in [-0.39, 0.29) is 0 Å². The first-order valence-electron chi connectivity index (χ1n) is 5.76. The van der Waals surface area contributed by atoms with Gasteiger partial charge in [0, 0.05) is 16.3 Å². The molecule has 1 aromatic heterocycles. The highest BCUT2D eigenvalue weighted by molar-refractivity contribution is 7.11. The molecule has 0 saturated heterocycles. The number of anilines is 1. The second-order valence-electron chi connectivity index (χ2n) is 4.36. The number of thiophene rings is 1. The van der Waals surface area contributed by atoms with Gasteiger partial charge in [0.15, 0.2) is 0 Å². The lowest BCUT2D eigenvalue weighted by molar-refractivity contribution is 0.867. The third kappa shape index (κ3) is 2.98. The summed E-state index contributed by atoms with van der Waals surface area (Å²) < 4.78 is 0. The topological polar surface area (TPSA) is 12.0 Å². The zero-order chi connectivity index (χ0) is 12.3. The molecule has 2 heteroatoms. The lowest BCUT2D eigenvalue weighted by Crippen LogP contribution is -1.96. The van der Waals surface area contributed by atoms with Crippen molar-refractivity contribution in [3.63, 3.8) is 0 Å². The first-order chi connectivity index (χ1) is 8.16. The van der Waals surface area contributed by atoms with Gasteiger partial charge in [0.05, 0.1) is 0 Å². The number of nitrogens with one attached hydrogen (secondary N) is 1. The van der Waals surface area contributed by atoms with Crippen LogP contribution in [0, 0.1) is 0 Å². The van der Waals surface area contributed by atoms with Crippen LogP contribution in [0.2, 0.25) is 0 Å². The van der Waals surface area contributed by atoms with E-state index in [1.54, 1.807) is 11.3 Å². The number of rotatable bonds is 4. The van der Waals surface area contributed by atoms with E-state index in [0.717, 1.165) is 11.4 Å². The summed E-state index contributed by atoms with van der Waals surface area (Å²) in [6.07, 6.45) is 0. The van der Waals surface area contributed by atoms with Gasteiger partial charge in [-0.15, -0.1) is 11.3 Å². The van der Waals surface area contributed by atoms with Crippen molar-refractivity contribution in [2.75, 3.05) is 5.32 Å². The van der Waals surface area contributed by atoms with Gasteiger partial charge in [0.2, 0.25) is 0 Å². The Balaban J connectivity index is 2.07. The quantitative estimate of drug-likeness (QED) is 0.800. The van der Waals surface area contributed by atoms with Gasteiger partial charge in [0.25, 0.3) is 0 Å². The highest BCUT2D eigenvalue weighted by Gasteiger charge is 2.02. The molecular formula is C15H17NS. The van der Waals surface area contributed by atoms with Crippen molar-refractivity contribution in [1.82, 2.24) is 0 Å². The summed E-state index contributed by atoms with van der Waals surface area (Å²) in [5.74, 6) is 0.574. The zero-order valence-corrected chi connectivity index (χ0v) is 11.1. The van der Waals surface area contributed by atoms with Gasteiger partial charge in [-0.1, -0.05) is 38.6 Å². The van der Waals surface area contributed by atoms with Crippen LogP contribution >= 0.6 is 11.3 Å². The monoisotopic (exact) mass is 243 g/mol. The van der Waals surface area contributed by atoms with Crippen molar-refractivity contribution in [3.05, 3.63) is 58.8 Å². The van der Waals surface area contributed by atoms with Crippen LogP contribution in [-0.4, -0.2) is 0 Å². The van der Waals surface area contributed by atoms with E-state index in [2.05, 4.69) is 61.5 Å². The first kappa shape index (κ1) is 11.9.